The van der Waals surface area contributed by atoms with Gasteiger partial charge in [0, 0.05) is 29.8 Å². The molecule has 1 heterocycles. The van der Waals surface area contributed by atoms with Gasteiger partial charge in [-0.05, 0) is 43.7 Å². The van der Waals surface area contributed by atoms with Crippen molar-refractivity contribution in [2.45, 2.75) is 53.0 Å². The molecule has 138 valence electrons. The molecule has 0 atom stereocenters. The number of hydrogen-bond acceptors (Lipinski definition) is 3. The highest BCUT2D eigenvalue weighted by Gasteiger charge is 2.28. The second kappa shape index (κ2) is 7.02. The van der Waals surface area contributed by atoms with Gasteiger partial charge < -0.3 is 5.32 Å². The number of benzene rings is 1. The molecule has 0 aliphatic heterocycles. The minimum atomic E-state index is -0.361. The van der Waals surface area contributed by atoms with Crippen molar-refractivity contribution in [1.82, 2.24) is 9.55 Å². The van der Waals surface area contributed by atoms with E-state index in [-0.39, 0.29) is 35.7 Å². The number of amides is 1. The first-order valence-corrected chi connectivity index (χ1v) is 8.89. The van der Waals surface area contributed by atoms with Crippen LogP contribution in [0, 0.1) is 18.2 Å². The van der Waals surface area contributed by atoms with E-state index in [1.165, 1.54) is 17.0 Å². The van der Waals surface area contributed by atoms with Crippen LogP contribution in [0.5, 0.6) is 0 Å². The average molecular weight is 357 g/mol. The fraction of sp³-hybridized carbons (Fsp3) is 0.450. The van der Waals surface area contributed by atoms with E-state index < -0.39 is 0 Å². The number of nitrogens with zero attached hydrogens (tertiary/aromatic N) is 2. The maximum Gasteiger partial charge on any atom is 0.256 e. The summed E-state index contributed by atoms with van der Waals surface area (Å²) in [5.41, 5.74) is 2.54. The molecule has 1 aromatic carbocycles. The average Bonchev–Trinajstić information content (AvgIpc) is 2.58. The highest BCUT2D eigenvalue weighted by Crippen LogP contribution is 2.32. The van der Waals surface area contributed by atoms with E-state index in [0.717, 1.165) is 24.1 Å². The lowest BCUT2D eigenvalue weighted by Crippen LogP contribution is -2.34. The van der Waals surface area contributed by atoms with Crippen LogP contribution in [-0.2, 0) is 24.2 Å². The van der Waals surface area contributed by atoms with Crippen LogP contribution in [-0.4, -0.2) is 15.5 Å². The summed E-state index contributed by atoms with van der Waals surface area (Å²) in [6.07, 6.45) is 4.20. The van der Waals surface area contributed by atoms with Crippen LogP contribution in [0.15, 0.2) is 29.3 Å². The van der Waals surface area contributed by atoms with E-state index in [4.69, 9.17) is 0 Å². The van der Waals surface area contributed by atoms with Gasteiger partial charge >= 0.3 is 0 Å². The molecule has 3 rings (SSSR count). The molecule has 0 bridgehead atoms. The molecule has 0 fully saturated rings. The summed E-state index contributed by atoms with van der Waals surface area (Å²) in [6.45, 7) is 6.17. The Balaban J connectivity index is 1.69. The van der Waals surface area contributed by atoms with Crippen molar-refractivity contribution in [3.05, 3.63) is 57.5 Å². The summed E-state index contributed by atoms with van der Waals surface area (Å²) in [5.74, 6) is -0.621. The fourth-order valence-electron chi connectivity index (χ4n) is 3.32. The summed E-state index contributed by atoms with van der Waals surface area (Å²) >= 11 is 0. The van der Waals surface area contributed by atoms with E-state index in [1.54, 1.807) is 19.1 Å². The van der Waals surface area contributed by atoms with Crippen LogP contribution in [0.3, 0.4) is 0 Å². The van der Waals surface area contributed by atoms with Crippen LogP contribution < -0.4 is 10.9 Å². The molecule has 1 amide bonds. The number of aryl methyl sites for hydroxylation is 2. The predicted octanol–water partition coefficient (Wildman–Crippen LogP) is 3.23. The van der Waals surface area contributed by atoms with Crippen LogP contribution in [0.2, 0.25) is 0 Å². The Kier molecular flexibility index (Phi) is 4.94. The van der Waals surface area contributed by atoms with Crippen molar-refractivity contribution in [1.29, 1.82) is 0 Å². The SMILES string of the molecule is Cc1c(F)cccc1NC(=O)CCn1cnc2c(c1=O)CC(C)(C)CC2. The van der Waals surface area contributed by atoms with Crippen LogP contribution in [0.25, 0.3) is 0 Å². The van der Waals surface area contributed by atoms with Gasteiger partial charge in [-0.15, -0.1) is 0 Å². The minimum absolute atomic E-state index is 0.0579. The van der Waals surface area contributed by atoms with Gasteiger partial charge in [-0.3, -0.25) is 14.2 Å². The standard InChI is InChI=1S/C20H24FN3O2/c1-13-15(21)5-4-6-16(13)23-18(25)8-10-24-12-22-17-7-9-20(2,3)11-14(17)19(24)26/h4-6,12H,7-11H2,1-3H3,(H,23,25). The summed E-state index contributed by atoms with van der Waals surface area (Å²) < 4.78 is 15.0. The van der Waals surface area contributed by atoms with Gasteiger partial charge in [-0.1, -0.05) is 19.9 Å². The van der Waals surface area contributed by atoms with Crippen LogP contribution >= 0.6 is 0 Å². The number of carbonyl (C=O) groups excluding carboxylic acids is 1. The van der Waals surface area contributed by atoms with Crippen molar-refractivity contribution in [2.75, 3.05) is 5.32 Å². The number of rotatable bonds is 4. The first-order chi connectivity index (χ1) is 12.3. The topological polar surface area (TPSA) is 64.0 Å². The van der Waals surface area contributed by atoms with Gasteiger partial charge in [0.2, 0.25) is 5.91 Å². The quantitative estimate of drug-likeness (QED) is 0.914. The molecule has 0 saturated heterocycles. The first kappa shape index (κ1) is 18.3. The van der Waals surface area contributed by atoms with E-state index in [1.807, 2.05) is 0 Å². The van der Waals surface area contributed by atoms with E-state index >= 15 is 0 Å². The Morgan fingerprint density at radius 3 is 2.92 bits per heavy atom. The van der Waals surface area contributed by atoms with Crippen LogP contribution in [0.4, 0.5) is 10.1 Å². The zero-order valence-electron chi connectivity index (χ0n) is 15.4. The lowest BCUT2D eigenvalue weighted by Gasteiger charge is -2.30. The molecule has 26 heavy (non-hydrogen) atoms. The molecule has 5 nitrogen and oxygen atoms in total. The smallest absolute Gasteiger partial charge is 0.256 e. The molecule has 0 radical (unpaired) electrons. The summed E-state index contributed by atoms with van der Waals surface area (Å²) in [6, 6.07) is 4.56. The Morgan fingerprint density at radius 2 is 2.15 bits per heavy atom. The Labute approximate surface area is 152 Å². The predicted molar refractivity (Wildman–Crippen MR) is 98.7 cm³/mol. The van der Waals surface area contributed by atoms with Gasteiger partial charge in [-0.2, -0.15) is 0 Å². The molecule has 0 saturated carbocycles. The van der Waals surface area contributed by atoms with E-state index in [0.29, 0.717) is 17.7 Å². The van der Waals surface area contributed by atoms with Crippen molar-refractivity contribution in [2.24, 2.45) is 5.41 Å². The number of aromatic nitrogens is 2. The molecular weight excluding hydrogens is 333 g/mol. The number of anilines is 1. The normalized spacial score (nSPS) is 15.4. The number of nitrogens with one attached hydrogen (secondary N) is 1. The number of fused-ring (bicyclic) bond motifs is 1. The van der Waals surface area contributed by atoms with Crippen molar-refractivity contribution in [3.8, 4) is 0 Å². The lowest BCUT2D eigenvalue weighted by atomic mass is 9.76. The minimum Gasteiger partial charge on any atom is -0.326 e. The highest BCUT2D eigenvalue weighted by molar-refractivity contribution is 5.91. The molecule has 1 aliphatic carbocycles. The fourth-order valence-corrected chi connectivity index (χ4v) is 3.32. The maximum absolute atomic E-state index is 13.6. The Hall–Kier alpha value is -2.50. The van der Waals surface area contributed by atoms with Crippen LogP contribution in [0.1, 0.15) is 43.5 Å². The zero-order valence-corrected chi connectivity index (χ0v) is 15.4. The van der Waals surface area contributed by atoms with Crippen molar-refractivity contribution < 1.29 is 9.18 Å². The molecule has 1 aliphatic rings. The van der Waals surface area contributed by atoms with Crippen molar-refractivity contribution in [3.63, 3.8) is 0 Å². The van der Waals surface area contributed by atoms with E-state index in [9.17, 15) is 14.0 Å². The van der Waals surface area contributed by atoms with Gasteiger partial charge in [0.1, 0.15) is 5.82 Å². The molecule has 0 unspecified atom stereocenters. The molecule has 1 N–H and O–H groups in total. The number of halogens is 1. The number of hydrogen-bond donors (Lipinski definition) is 1. The molecule has 0 spiro atoms. The third-order valence-electron chi connectivity index (χ3n) is 5.04. The third-order valence-corrected chi connectivity index (χ3v) is 5.04. The Morgan fingerprint density at radius 1 is 1.38 bits per heavy atom. The van der Waals surface area contributed by atoms with E-state index in [2.05, 4.69) is 24.1 Å². The second-order valence-electron chi connectivity index (χ2n) is 7.72. The molecule has 6 heteroatoms. The highest BCUT2D eigenvalue weighted by atomic mass is 19.1. The third kappa shape index (κ3) is 3.84. The summed E-state index contributed by atoms with van der Waals surface area (Å²) in [4.78, 5) is 29.3. The van der Waals surface area contributed by atoms with Gasteiger partial charge in [0.25, 0.3) is 5.56 Å². The molecule has 1 aromatic heterocycles. The molecular formula is C20H24FN3O2. The largest absolute Gasteiger partial charge is 0.326 e. The van der Waals surface area contributed by atoms with Gasteiger partial charge in [0.15, 0.2) is 0 Å². The van der Waals surface area contributed by atoms with Gasteiger partial charge in [-0.25, -0.2) is 9.37 Å². The van der Waals surface area contributed by atoms with Crippen molar-refractivity contribution >= 4 is 11.6 Å². The second-order valence-corrected chi connectivity index (χ2v) is 7.72. The summed E-state index contributed by atoms with van der Waals surface area (Å²) in [5, 5.41) is 2.70. The number of carbonyl (C=O) groups is 1. The first-order valence-electron chi connectivity index (χ1n) is 8.89. The maximum atomic E-state index is 13.6. The lowest BCUT2D eigenvalue weighted by molar-refractivity contribution is -0.116. The zero-order chi connectivity index (χ0) is 18.9. The monoisotopic (exact) mass is 357 g/mol. The Bertz CT molecular complexity index is 902. The van der Waals surface area contributed by atoms with Gasteiger partial charge in [0.05, 0.1) is 12.0 Å². The molecule has 2 aromatic rings. The summed E-state index contributed by atoms with van der Waals surface area (Å²) in [7, 11) is 0.